The molecule has 1 aromatic carbocycles. The van der Waals surface area contributed by atoms with Gasteiger partial charge in [0.25, 0.3) is 0 Å². The molecule has 2 saturated carbocycles. The lowest BCUT2D eigenvalue weighted by atomic mass is 9.57. The summed E-state index contributed by atoms with van der Waals surface area (Å²) in [6.45, 7) is 5.36. The van der Waals surface area contributed by atoms with Crippen LogP contribution in [0.15, 0.2) is 30.3 Å². The van der Waals surface area contributed by atoms with Crippen LogP contribution in [0.3, 0.4) is 0 Å². The highest BCUT2D eigenvalue weighted by Gasteiger charge is 2.55. The fraction of sp³-hybridized carbons (Fsp3) is 0.480. The van der Waals surface area contributed by atoms with Crippen molar-refractivity contribution in [2.45, 2.75) is 57.7 Å². The van der Waals surface area contributed by atoms with Crippen molar-refractivity contribution in [3.8, 4) is 5.69 Å². The van der Waals surface area contributed by atoms with Gasteiger partial charge in [-0.1, -0.05) is 11.6 Å². The molecule has 1 spiro atoms. The Morgan fingerprint density at radius 2 is 1.88 bits per heavy atom. The van der Waals surface area contributed by atoms with Gasteiger partial charge in [0.2, 0.25) is 0 Å². The van der Waals surface area contributed by atoms with Gasteiger partial charge in [-0.15, -0.1) is 10.2 Å². The fourth-order valence-corrected chi connectivity index (χ4v) is 6.29. The molecule has 0 N–H and O–H groups in total. The number of aromatic nitrogens is 4. The summed E-state index contributed by atoms with van der Waals surface area (Å²) in [5.74, 6) is 2.73. The molecule has 3 aromatic rings. The molecule has 6 nitrogen and oxygen atoms in total. The van der Waals surface area contributed by atoms with Gasteiger partial charge in [0, 0.05) is 47.7 Å². The van der Waals surface area contributed by atoms with Gasteiger partial charge in [-0.05, 0) is 68.5 Å². The summed E-state index contributed by atoms with van der Waals surface area (Å²) in [5, 5.41) is 10.1. The third-order valence-corrected chi connectivity index (χ3v) is 8.10. The smallest absolute Gasteiger partial charge is 0.165 e. The fourth-order valence-electron chi connectivity index (χ4n) is 6.10. The van der Waals surface area contributed by atoms with Crippen LogP contribution >= 0.6 is 11.6 Å². The van der Waals surface area contributed by atoms with Crippen molar-refractivity contribution < 1.29 is 4.39 Å². The number of nitrogens with zero attached hydrogens (tertiary/aromatic N) is 6. The average Bonchev–Trinajstić information content (AvgIpc) is 3.52. The van der Waals surface area contributed by atoms with Gasteiger partial charge in [-0.25, -0.2) is 9.37 Å². The molecule has 1 saturated heterocycles. The van der Waals surface area contributed by atoms with Crippen molar-refractivity contribution in [2.24, 2.45) is 5.41 Å². The Morgan fingerprint density at radius 1 is 1.06 bits per heavy atom. The molecule has 0 radical (unpaired) electrons. The number of pyridine rings is 1. The van der Waals surface area contributed by atoms with Gasteiger partial charge in [0.1, 0.15) is 5.82 Å². The van der Waals surface area contributed by atoms with Crippen LogP contribution in [0.4, 0.5) is 10.2 Å². The Morgan fingerprint density at radius 3 is 2.67 bits per heavy atom. The van der Waals surface area contributed by atoms with Crippen LogP contribution in [0, 0.1) is 18.2 Å². The van der Waals surface area contributed by atoms with E-state index in [0.29, 0.717) is 17.8 Å². The lowest BCUT2D eigenvalue weighted by Crippen LogP contribution is -2.62. The topological polar surface area (TPSA) is 50.1 Å². The number of rotatable bonds is 3. The summed E-state index contributed by atoms with van der Waals surface area (Å²) >= 11 is 6.37. The van der Waals surface area contributed by atoms with Crippen molar-refractivity contribution in [1.29, 1.82) is 0 Å². The largest absolute Gasteiger partial charge is 0.353 e. The number of anilines is 1. The molecule has 0 bridgehead atoms. The van der Waals surface area contributed by atoms with E-state index in [9.17, 15) is 4.39 Å². The van der Waals surface area contributed by atoms with Crippen LogP contribution in [0.5, 0.6) is 0 Å². The minimum atomic E-state index is -0.232. The van der Waals surface area contributed by atoms with Crippen molar-refractivity contribution in [2.75, 3.05) is 18.0 Å². The van der Waals surface area contributed by atoms with Gasteiger partial charge >= 0.3 is 0 Å². The predicted molar refractivity (Wildman–Crippen MR) is 124 cm³/mol. The van der Waals surface area contributed by atoms with E-state index < -0.39 is 0 Å². The standard InChI is InChI=1S/C25H26ClFN6/c1-15-2-6-20(27)24(28-15)32-13-25(14-32)9-17(10-25)23-30-29-22-12-31(19-4-5-19)11-16-8-18(26)3-7-21(16)33(22)23/h2-3,6-8,17,19H,4-5,9-14H2,1H3. The molecule has 170 valence electrons. The molecule has 3 fully saturated rings. The van der Waals surface area contributed by atoms with E-state index in [0.717, 1.165) is 61.4 Å². The molecule has 2 aromatic heterocycles. The number of halogens is 2. The van der Waals surface area contributed by atoms with Crippen molar-refractivity contribution >= 4 is 17.4 Å². The minimum Gasteiger partial charge on any atom is -0.353 e. The predicted octanol–water partition coefficient (Wildman–Crippen LogP) is 4.63. The Kier molecular flexibility index (Phi) is 4.22. The first kappa shape index (κ1) is 19.9. The number of hydrogen-bond donors (Lipinski definition) is 0. The molecule has 2 aliphatic carbocycles. The lowest BCUT2D eigenvalue weighted by molar-refractivity contribution is 0.0575. The zero-order chi connectivity index (χ0) is 22.3. The maximum Gasteiger partial charge on any atom is 0.165 e. The van der Waals surface area contributed by atoms with Crippen LogP contribution in [0.1, 0.15) is 54.5 Å². The summed E-state index contributed by atoms with van der Waals surface area (Å²) in [4.78, 5) is 9.02. The Balaban J connectivity index is 1.14. The zero-order valence-corrected chi connectivity index (χ0v) is 19.4. The Labute approximate surface area is 197 Å². The summed E-state index contributed by atoms with van der Waals surface area (Å²) in [7, 11) is 0. The third kappa shape index (κ3) is 3.20. The second-order valence-corrected chi connectivity index (χ2v) is 10.9. The van der Waals surface area contributed by atoms with Crippen molar-refractivity contribution in [3.05, 3.63) is 64.1 Å². The van der Waals surface area contributed by atoms with Crippen LogP contribution in [0.25, 0.3) is 5.69 Å². The minimum absolute atomic E-state index is 0.232. The molecule has 8 heteroatoms. The highest BCUT2D eigenvalue weighted by molar-refractivity contribution is 6.30. The van der Waals surface area contributed by atoms with Gasteiger partial charge in [0.15, 0.2) is 17.5 Å². The third-order valence-electron chi connectivity index (χ3n) is 7.86. The number of aryl methyl sites for hydroxylation is 1. The van der Waals surface area contributed by atoms with Crippen LogP contribution < -0.4 is 4.90 Å². The van der Waals surface area contributed by atoms with Crippen LogP contribution in [-0.4, -0.2) is 43.8 Å². The molecule has 2 aliphatic heterocycles. The Bertz CT molecular complexity index is 1250. The quantitative estimate of drug-likeness (QED) is 0.566. The second-order valence-electron chi connectivity index (χ2n) is 10.4. The summed E-state index contributed by atoms with van der Waals surface area (Å²) in [5.41, 5.74) is 3.51. The van der Waals surface area contributed by atoms with E-state index in [-0.39, 0.29) is 11.2 Å². The maximum absolute atomic E-state index is 14.3. The molecule has 7 rings (SSSR count). The first-order valence-corrected chi connectivity index (χ1v) is 12.2. The van der Waals surface area contributed by atoms with Crippen molar-refractivity contribution in [3.63, 3.8) is 0 Å². The van der Waals surface area contributed by atoms with E-state index in [1.54, 1.807) is 6.07 Å². The summed E-state index contributed by atoms with van der Waals surface area (Å²) in [6.07, 6.45) is 4.64. The highest BCUT2D eigenvalue weighted by Crippen LogP contribution is 2.57. The number of hydrogen-bond acceptors (Lipinski definition) is 5. The number of benzene rings is 1. The van der Waals surface area contributed by atoms with Gasteiger partial charge in [0.05, 0.1) is 12.2 Å². The van der Waals surface area contributed by atoms with Crippen LogP contribution in [0.2, 0.25) is 5.02 Å². The van der Waals surface area contributed by atoms with E-state index in [1.165, 1.54) is 30.2 Å². The molecule has 4 heterocycles. The summed E-state index contributed by atoms with van der Waals surface area (Å²) < 4.78 is 16.6. The maximum atomic E-state index is 14.3. The van der Waals surface area contributed by atoms with Gasteiger partial charge in [-0.2, -0.15) is 0 Å². The second kappa shape index (κ2) is 7.00. The SMILES string of the molecule is Cc1ccc(F)c(N2CC3(CC(c4nnc5n4-c4ccc(Cl)cc4CN(C4CC4)C5)C3)C2)n1. The molecule has 0 atom stereocenters. The molecule has 33 heavy (non-hydrogen) atoms. The van der Waals surface area contributed by atoms with E-state index >= 15 is 0 Å². The molecule has 0 amide bonds. The highest BCUT2D eigenvalue weighted by atomic mass is 35.5. The van der Waals surface area contributed by atoms with Gasteiger partial charge in [-0.3, -0.25) is 9.47 Å². The van der Waals surface area contributed by atoms with E-state index in [2.05, 4.69) is 36.6 Å². The zero-order valence-electron chi connectivity index (χ0n) is 18.6. The monoisotopic (exact) mass is 464 g/mol. The molecular formula is C25H26ClFN6. The molecule has 4 aliphatic rings. The molecular weight excluding hydrogens is 439 g/mol. The van der Waals surface area contributed by atoms with E-state index in [4.69, 9.17) is 16.7 Å². The van der Waals surface area contributed by atoms with E-state index in [1.807, 2.05) is 13.0 Å². The van der Waals surface area contributed by atoms with Crippen LogP contribution in [-0.2, 0) is 13.1 Å². The molecule has 0 unspecified atom stereocenters. The first-order valence-electron chi connectivity index (χ1n) is 11.8. The lowest BCUT2D eigenvalue weighted by Gasteiger charge is -2.59. The summed E-state index contributed by atoms with van der Waals surface area (Å²) in [6, 6.07) is 10.1. The average molecular weight is 465 g/mol. The van der Waals surface area contributed by atoms with Gasteiger partial charge < -0.3 is 4.90 Å². The van der Waals surface area contributed by atoms with Crippen molar-refractivity contribution in [1.82, 2.24) is 24.6 Å². The normalized spacial score (nSPS) is 21.8. The first-order chi connectivity index (χ1) is 16.0. The Hall–Kier alpha value is -2.51. The number of fused-ring (bicyclic) bond motifs is 3.